The number of phenols is 2. The van der Waals surface area contributed by atoms with Crippen LogP contribution in [0.3, 0.4) is 0 Å². The van der Waals surface area contributed by atoms with Crippen molar-refractivity contribution < 1.29 is 10.2 Å². The normalized spacial score (nSPS) is 12.3. The molecule has 0 bridgehead atoms. The highest BCUT2D eigenvalue weighted by molar-refractivity contribution is 6.30. The summed E-state index contributed by atoms with van der Waals surface area (Å²) in [6, 6.07) is 2.63. The number of hydrogen-bond acceptors (Lipinski definition) is 9. The van der Waals surface area contributed by atoms with Crippen LogP contribution in [-0.2, 0) is 13.6 Å². The Morgan fingerprint density at radius 1 is 1.23 bits per heavy atom. The highest BCUT2D eigenvalue weighted by Gasteiger charge is 2.15. The van der Waals surface area contributed by atoms with Crippen molar-refractivity contribution in [1.29, 1.82) is 0 Å². The van der Waals surface area contributed by atoms with Gasteiger partial charge >= 0.3 is 0 Å². The summed E-state index contributed by atoms with van der Waals surface area (Å²) < 4.78 is 1.52. The molecule has 6 N–H and O–H groups in total. The predicted molar refractivity (Wildman–Crippen MR) is 98.3 cm³/mol. The Balaban J connectivity index is 1.91. The van der Waals surface area contributed by atoms with Crippen LogP contribution in [0.2, 0.25) is 5.02 Å². The van der Waals surface area contributed by atoms with Crippen LogP contribution in [0.5, 0.6) is 11.5 Å². The van der Waals surface area contributed by atoms with E-state index in [2.05, 4.69) is 30.9 Å². The van der Waals surface area contributed by atoms with E-state index in [1.165, 1.54) is 16.8 Å². The zero-order chi connectivity index (χ0) is 18.8. The SMILES string of the molecule is CC(N)CNc1nc(NCc2c(O)cc(Cl)cc2O)c2nnn(C)c2n1. The van der Waals surface area contributed by atoms with Gasteiger partial charge in [-0.25, -0.2) is 4.68 Å². The third-order valence-corrected chi connectivity index (χ3v) is 3.85. The number of nitrogens with zero attached hydrogens (tertiary/aromatic N) is 5. The van der Waals surface area contributed by atoms with Crippen LogP contribution in [0.25, 0.3) is 11.2 Å². The second kappa shape index (κ2) is 7.18. The van der Waals surface area contributed by atoms with Crippen molar-refractivity contribution in [2.45, 2.75) is 19.5 Å². The summed E-state index contributed by atoms with van der Waals surface area (Å²) in [4.78, 5) is 8.76. The summed E-state index contributed by atoms with van der Waals surface area (Å²) in [6.07, 6.45) is 0. The van der Waals surface area contributed by atoms with Crippen molar-refractivity contribution in [3.63, 3.8) is 0 Å². The maximum Gasteiger partial charge on any atom is 0.226 e. The van der Waals surface area contributed by atoms with Gasteiger partial charge in [-0.1, -0.05) is 16.8 Å². The highest BCUT2D eigenvalue weighted by atomic mass is 35.5. The molecule has 11 heteroatoms. The Morgan fingerprint density at radius 3 is 2.58 bits per heavy atom. The second-order valence-electron chi connectivity index (χ2n) is 5.92. The number of aromatic nitrogens is 5. The number of nitrogens with one attached hydrogen (secondary N) is 2. The Kier molecular flexibility index (Phi) is 4.96. The van der Waals surface area contributed by atoms with E-state index >= 15 is 0 Å². The van der Waals surface area contributed by atoms with Crippen LogP contribution >= 0.6 is 11.6 Å². The molecule has 1 atom stereocenters. The summed E-state index contributed by atoms with van der Waals surface area (Å²) >= 11 is 5.80. The van der Waals surface area contributed by atoms with Gasteiger partial charge in [0.2, 0.25) is 5.95 Å². The quantitative estimate of drug-likeness (QED) is 0.426. The fourth-order valence-corrected chi connectivity index (χ4v) is 2.54. The van der Waals surface area contributed by atoms with Crippen LogP contribution in [-0.4, -0.2) is 47.8 Å². The fourth-order valence-electron chi connectivity index (χ4n) is 2.33. The zero-order valence-electron chi connectivity index (χ0n) is 14.2. The number of aromatic hydroxyl groups is 2. The molecular formula is C15H19ClN8O2. The molecule has 0 aliphatic heterocycles. The average Bonchev–Trinajstić information content (AvgIpc) is 2.93. The minimum Gasteiger partial charge on any atom is -0.507 e. The molecule has 3 aromatic rings. The molecule has 0 aliphatic rings. The molecule has 0 saturated carbocycles. The number of phenolic OH excluding ortho intramolecular Hbond substituents is 2. The third-order valence-electron chi connectivity index (χ3n) is 3.63. The number of nitrogens with two attached hydrogens (primary N) is 1. The first-order valence-electron chi connectivity index (χ1n) is 7.86. The summed E-state index contributed by atoms with van der Waals surface area (Å²) in [5, 5.41) is 34.3. The lowest BCUT2D eigenvalue weighted by atomic mass is 10.1. The van der Waals surface area contributed by atoms with E-state index in [0.717, 1.165) is 0 Å². The highest BCUT2D eigenvalue weighted by Crippen LogP contribution is 2.32. The van der Waals surface area contributed by atoms with Gasteiger partial charge in [0, 0.05) is 31.2 Å². The first-order chi connectivity index (χ1) is 12.3. The van der Waals surface area contributed by atoms with E-state index in [-0.39, 0.29) is 34.7 Å². The van der Waals surface area contributed by atoms with Crippen LogP contribution in [0, 0.1) is 0 Å². The van der Waals surface area contributed by atoms with Crippen LogP contribution in [0.1, 0.15) is 12.5 Å². The van der Waals surface area contributed by atoms with Gasteiger partial charge in [0.15, 0.2) is 17.0 Å². The minimum absolute atomic E-state index is 0.0710. The largest absolute Gasteiger partial charge is 0.507 e. The van der Waals surface area contributed by atoms with Crippen molar-refractivity contribution in [2.75, 3.05) is 17.2 Å². The van der Waals surface area contributed by atoms with Gasteiger partial charge in [0.1, 0.15) is 11.5 Å². The van der Waals surface area contributed by atoms with Crippen molar-refractivity contribution in [1.82, 2.24) is 25.0 Å². The molecule has 0 amide bonds. The molecule has 138 valence electrons. The summed E-state index contributed by atoms with van der Waals surface area (Å²) in [5.41, 5.74) is 7.03. The summed E-state index contributed by atoms with van der Waals surface area (Å²) in [7, 11) is 1.72. The molecule has 0 aliphatic carbocycles. The number of halogens is 1. The second-order valence-corrected chi connectivity index (χ2v) is 6.35. The van der Waals surface area contributed by atoms with E-state index in [4.69, 9.17) is 17.3 Å². The number of benzene rings is 1. The lowest BCUT2D eigenvalue weighted by molar-refractivity contribution is 0.440. The zero-order valence-corrected chi connectivity index (χ0v) is 15.0. The molecular weight excluding hydrogens is 360 g/mol. The lowest BCUT2D eigenvalue weighted by Crippen LogP contribution is -2.26. The Labute approximate surface area is 154 Å². The predicted octanol–water partition coefficient (Wildman–Crippen LogP) is 1.19. The van der Waals surface area contributed by atoms with E-state index in [9.17, 15) is 10.2 Å². The van der Waals surface area contributed by atoms with E-state index in [0.29, 0.717) is 29.5 Å². The maximum atomic E-state index is 9.99. The first kappa shape index (κ1) is 18.0. The summed E-state index contributed by atoms with van der Waals surface area (Å²) in [6.45, 7) is 2.46. The number of aryl methyl sites for hydroxylation is 1. The van der Waals surface area contributed by atoms with Gasteiger partial charge < -0.3 is 26.6 Å². The van der Waals surface area contributed by atoms with E-state index in [1.807, 2.05) is 6.92 Å². The van der Waals surface area contributed by atoms with Crippen LogP contribution < -0.4 is 16.4 Å². The average molecular weight is 379 g/mol. The number of anilines is 2. The maximum absolute atomic E-state index is 9.99. The fraction of sp³-hybridized carbons (Fsp3) is 0.333. The van der Waals surface area contributed by atoms with Crippen LogP contribution in [0.4, 0.5) is 11.8 Å². The van der Waals surface area contributed by atoms with Crippen molar-refractivity contribution >= 4 is 34.5 Å². The van der Waals surface area contributed by atoms with Gasteiger partial charge in [0.25, 0.3) is 0 Å². The molecule has 2 aromatic heterocycles. The van der Waals surface area contributed by atoms with Crippen molar-refractivity contribution in [2.24, 2.45) is 12.8 Å². The summed E-state index contributed by atoms with van der Waals surface area (Å²) in [5.74, 6) is 0.528. The van der Waals surface area contributed by atoms with Gasteiger partial charge in [-0.05, 0) is 19.1 Å². The lowest BCUT2D eigenvalue weighted by Gasteiger charge is -2.12. The van der Waals surface area contributed by atoms with Crippen molar-refractivity contribution in [3.05, 3.63) is 22.7 Å². The molecule has 0 radical (unpaired) electrons. The first-order valence-corrected chi connectivity index (χ1v) is 8.24. The Hall–Kier alpha value is -2.85. The molecule has 0 saturated heterocycles. The smallest absolute Gasteiger partial charge is 0.226 e. The van der Waals surface area contributed by atoms with Gasteiger partial charge in [-0.15, -0.1) is 5.10 Å². The van der Waals surface area contributed by atoms with Gasteiger partial charge in [-0.3, -0.25) is 0 Å². The molecule has 0 fully saturated rings. The van der Waals surface area contributed by atoms with Crippen LogP contribution in [0.15, 0.2) is 12.1 Å². The molecule has 2 heterocycles. The monoisotopic (exact) mass is 378 g/mol. The molecule has 26 heavy (non-hydrogen) atoms. The number of hydrogen-bond donors (Lipinski definition) is 5. The molecule has 3 rings (SSSR count). The van der Waals surface area contributed by atoms with E-state index in [1.54, 1.807) is 7.05 Å². The topological polar surface area (TPSA) is 147 Å². The van der Waals surface area contributed by atoms with Crippen molar-refractivity contribution in [3.8, 4) is 11.5 Å². The minimum atomic E-state index is -0.123. The molecule has 1 unspecified atom stereocenters. The Morgan fingerprint density at radius 2 is 1.92 bits per heavy atom. The van der Waals surface area contributed by atoms with Gasteiger partial charge in [-0.2, -0.15) is 9.97 Å². The third kappa shape index (κ3) is 3.70. The molecule has 1 aromatic carbocycles. The number of fused-ring (bicyclic) bond motifs is 1. The standard InChI is InChI=1S/C15H19ClN8O2/c1-7(17)5-19-15-20-13(12-14(21-15)24(2)23-22-12)18-6-9-10(25)3-8(16)4-11(9)26/h3-4,7,25-26H,5-6,17H2,1-2H3,(H2,18,19,20,21). The molecule has 0 spiro atoms. The molecule has 10 nitrogen and oxygen atoms in total. The van der Waals surface area contributed by atoms with E-state index < -0.39 is 0 Å². The Bertz CT molecular complexity index is 920. The number of rotatable bonds is 6. The van der Waals surface area contributed by atoms with Gasteiger partial charge in [0.05, 0.1) is 5.56 Å².